The maximum atomic E-state index is 12.7. The van der Waals surface area contributed by atoms with Gasteiger partial charge < -0.3 is 19.7 Å². The quantitative estimate of drug-likeness (QED) is 0.818. The van der Waals surface area contributed by atoms with Gasteiger partial charge in [-0.1, -0.05) is 13.8 Å². The van der Waals surface area contributed by atoms with Crippen LogP contribution < -0.4 is 5.32 Å². The molecule has 0 aliphatic carbocycles. The van der Waals surface area contributed by atoms with E-state index in [1.807, 2.05) is 42.8 Å². The molecule has 1 amide bonds. The maximum absolute atomic E-state index is 12.7. The summed E-state index contributed by atoms with van der Waals surface area (Å²) in [6, 6.07) is 3.73. The Balaban J connectivity index is 1.57. The average molecular weight is 373 g/mol. The van der Waals surface area contributed by atoms with E-state index in [0.29, 0.717) is 30.5 Å². The van der Waals surface area contributed by atoms with E-state index in [4.69, 9.17) is 0 Å². The van der Waals surface area contributed by atoms with Gasteiger partial charge in [-0.25, -0.2) is 4.98 Å². The van der Waals surface area contributed by atoms with Crippen LogP contribution in [0.2, 0.25) is 0 Å². The Bertz CT molecular complexity index is 783. The number of imidazole rings is 1. The van der Waals surface area contributed by atoms with Gasteiger partial charge >= 0.3 is 0 Å². The van der Waals surface area contributed by atoms with Crippen molar-refractivity contribution in [2.24, 2.45) is 5.92 Å². The van der Waals surface area contributed by atoms with Gasteiger partial charge in [0.05, 0.1) is 16.9 Å². The summed E-state index contributed by atoms with van der Waals surface area (Å²) in [5.41, 5.74) is 1.69. The van der Waals surface area contributed by atoms with E-state index in [9.17, 15) is 9.90 Å². The first kappa shape index (κ1) is 19.8. The monoisotopic (exact) mass is 372 g/mol. The van der Waals surface area contributed by atoms with Crippen molar-refractivity contribution in [2.75, 3.05) is 26.2 Å². The molecule has 0 unspecified atom stereocenters. The third kappa shape index (κ3) is 5.08. The van der Waals surface area contributed by atoms with Gasteiger partial charge in [0.15, 0.2) is 0 Å². The summed E-state index contributed by atoms with van der Waals surface area (Å²) in [6.45, 7) is 11.2. The zero-order chi connectivity index (χ0) is 19.6. The highest BCUT2D eigenvalue weighted by molar-refractivity contribution is 5.99. The van der Waals surface area contributed by atoms with E-state index in [2.05, 4.69) is 29.0 Å². The van der Waals surface area contributed by atoms with Gasteiger partial charge in [-0.15, -0.1) is 0 Å². The number of nitrogens with one attached hydrogen (secondary N) is 1. The summed E-state index contributed by atoms with van der Waals surface area (Å²) in [5, 5.41) is 13.1. The van der Waals surface area contributed by atoms with Crippen LogP contribution in [0, 0.1) is 5.92 Å². The zero-order valence-corrected chi connectivity index (χ0v) is 16.9. The number of likely N-dealkylation sites (tertiary alicyclic amines) is 1. The van der Waals surface area contributed by atoms with Gasteiger partial charge in [-0.3, -0.25) is 4.79 Å². The average Bonchev–Trinajstić information content (AvgIpc) is 3.04. The second-order valence-corrected chi connectivity index (χ2v) is 8.72. The minimum atomic E-state index is -0.654. The summed E-state index contributed by atoms with van der Waals surface area (Å²) in [7, 11) is 0. The lowest BCUT2D eigenvalue weighted by Gasteiger charge is -2.35. The van der Waals surface area contributed by atoms with Crippen molar-refractivity contribution < 1.29 is 9.90 Å². The predicted molar refractivity (Wildman–Crippen MR) is 107 cm³/mol. The Morgan fingerprint density at radius 2 is 2.07 bits per heavy atom. The van der Waals surface area contributed by atoms with Crippen LogP contribution in [0.3, 0.4) is 0 Å². The molecule has 1 aliphatic rings. The van der Waals surface area contributed by atoms with Crippen LogP contribution >= 0.6 is 0 Å². The Labute approximate surface area is 161 Å². The lowest BCUT2D eigenvalue weighted by molar-refractivity contribution is 0.0245. The van der Waals surface area contributed by atoms with Gasteiger partial charge in [-0.2, -0.15) is 0 Å². The van der Waals surface area contributed by atoms with Gasteiger partial charge in [0, 0.05) is 25.5 Å². The third-order valence-corrected chi connectivity index (χ3v) is 5.21. The van der Waals surface area contributed by atoms with Crippen molar-refractivity contribution in [3.63, 3.8) is 0 Å². The van der Waals surface area contributed by atoms with Gasteiger partial charge in [-0.05, 0) is 63.7 Å². The summed E-state index contributed by atoms with van der Waals surface area (Å²) in [5.74, 6) is 0.757. The molecule has 1 fully saturated rings. The molecule has 0 saturated carbocycles. The van der Waals surface area contributed by atoms with E-state index in [-0.39, 0.29) is 5.91 Å². The predicted octanol–water partition coefficient (Wildman–Crippen LogP) is 2.67. The fraction of sp³-hybridized carbons (Fsp3) is 0.619. The number of carbonyl (C=O) groups is 1. The van der Waals surface area contributed by atoms with Crippen LogP contribution in [0.15, 0.2) is 24.5 Å². The number of aromatic nitrogens is 2. The number of amides is 1. The molecular weight excluding hydrogens is 340 g/mol. The Morgan fingerprint density at radius 1 is 1.37 bits per heavy atom. The van der Waals surface area contributed by atoms with Crippen molar-refractivity contribution >= 4 is 11.6 Å². The van der Waals surface area contributed by atoms with Crippen LogP contribution in [-0.4, -0.2) is 57.1 Å². The van der Waals surface area contributed by atoms with Gasteiger partial charge in [0.1, 0.15) is 5.65 Å². The Morgan fingerprint density at radius 3 is 2.70 bits per heavy atom. The van der Waals surface area contributed by atoms with Crippen molar-refractivity contribution in [1.29, 1.82) is 0 Å². The molecule has 3 rings (SSSR count). The van der Waals surface area contributed by atoms with Crippen LogP contribution in [0.4, 0.5) is 0 Å². The largest absolute Gasteiger partial charge is 0.389 e. The first-order chi connectivity index (χ1) is 12.7. The maximum Gasteiger partial charge on any atom is 0.255 e. The number of hydrogen-bond acceptors (Lipinski definition) is 4. The van der Waals surface area contributed by atoms with E-state index in [1.165, 1.54) is 0 Å². The molecule has 0 bridgehead atoms. The number of pyridine rings is 1. The van der Waals surface area contributed by atoms with Crippen molar-refractivity contribution in [3.8, 4) is 0 Å². The number of nitrogens with zero attached hydrogens (tertiary/aromatic N) is 3. The lowest BCUT2D eigenvalue weighted by atomic mass is 9.95. The van der Waals surface area contributed by atoms with E-state index < -0.39 is 5.60 Å². The molecule has 2 aromatic rings. The molecule has 0 spiro atoms. The minimum Gasteiger partial charge on any atom is -0.389 e. The highest BCUT2D eigenvalue weighted by Crippen LogP contribution is 2.20. The molecule has 1 aliphatic heterocycles. The van der Waals surface area contributed by atoms with E-state index >= 15 is 0 Å². The molecule has 6 nitrogen and oxygen atoms in total. The highest BCUT2D eigenvalue weighted by Gasteiger charge is 2.24. The Kier molecular flexibility index (Phi) is 5.86. The fourth-order valence-electron chi connectivity index (χ4n) is 3.72. The first-order valence-electron chi connectivity index (χ1n) is 9.93. The fourth-order valence-corrected chi connectivity index (χ4v) is 3.72. The smallest absolute Gasteiger partial charge is 0.255 e. The second-order valence-electron chi connectivity index (χ2n) is 8.72. The minimum absolute atomic E-state index is 0.0552. The molecular formula is C21H32N4O2. The van der Waals surface area contributed by atoms with Crippen molar-refractivity contribution in [1.82, 2.24) is 19.6 Å². The SMILES string of the molecule is CC(C)c1cn2cccc(C(=O)NCC3CCN(CC(C)(C)O)CC3)c2n1. The van der Waals surface area contributed by atoms with E-state index in [0.717, 1.165) is 37.3 Å². The molecule has 2 N–H and O–H groups in total. The summed E-state index contributed by atoms with van der Waals surface area (Å²) in [6.07, 6.45) is 6.02. The zero-order valence-electron chi connectivity index (χ0n) is 16.9. The number of hydrogen-bond donors (Lipinski definition) is 2. The molecule has 6 heteroatoms. The third-order valence-electron chi connectivity index (χ3n) is 5.21. The Hall–Kier alpha value is -1.92. The number of rotatable bonds is 6. The normalized spacial score (nSPS) is 17.0. The molecule has 0 atom stereocenters. The molecule has 2 aromatic heterocycles. The number of aliphatic hydroxyl groups is 1. The lowest BCUT2D eigenvalue weighted by Crippen LogP contribution is -2.44. The van der Waals surface area contributed by atoms with Crippen LogP contribution in [0.1, 0.15) is 62.5 Å². The van der Waals surface area contributed by atoms with Crippen molar-refractivity contribution in [3.05, 3.63) is 35.8 Å². The summed E-state index contributed by atoms with van der Waals surface area (Å²) >= 11 is 0. The van der Waals surface area contributed by atoms with Gasteiger partial charge in [0.2, 0.25) is 0 Å². The number of carbonyl (C=O) groups excluding carboxylic acids is 1. The van der Waals surface area contributed by atoms with E-state index in [1.54, 1.807) is 0 Å². The summed E-state index contributed by atoms with van der Waals surface area (Å²) < 4.78 is 1.93. The molecule has 1 saturated heterocycles. The molecule has 0 radical (unpaired) electrons. The standard InChI is InChI=1S/C21H32N4O2/c1-15(2)18-13-25-9-5-6-17(19(25)23-18)20(26)22-12-16-7-10-24(11-8-16)14-21(3,4)27/h5-6,9,13,15-16,27H,7-8,10-12,14H2,1-4H3,(H,22,26). The number of β-amino-alcohol motifs (C(OH)–C–C–N with tert-alkyl or cyclic N) is 1. The highest BCUT2D eigenvalue weighted by atomic mass is 16.3. The van der Waals surface area contributed by atoms with Crippen molar-refractivity contribution in [2.45, 2.75) is 52.1 Å². The molecule has 148 valence electrons. The van der Waals surface area contributed by atoms with Crippen LogP contribution in [0.25, 0.3) is 5.65 Å². The summed E-state index contributed by atoms with van der Waals surface area (Å²) in [4.78, 5) is 19.7. The second kappa shape index (κ2) is 7.98. The molecule has 3 heterocycles. The molecule has 0 aromatic carbocycles. The topological polar surface area (TPSA) is 69.9 Å². The number of fused-ring (bicyclic) bond motifs is 1. The van der Waals surface area contributed by atoms with Gasteiger partial charge in [0.25, 0.3) is 5.91 Å². The molecule has 27 heavy (non-hydrogen) atoms. The first-order valence-corrected chi connectivity index (χ1v) is 9.93. The van der Waals surface area contributed by atoms with Crippen LogP contribution in [0.5, 0.6) is 0 Å². The van der Waals surface area contributed by atoms with Crippen LogP contribution in [-0.2, 0) is 0 Å². The number of piperidine rings is 1.